The number of aliphatic hydroxyl groups is 1. The normalized spacial score (nSPS) is 26.5. The van der Waals surface area contributed by atoms with Gasteiger partial charge in [0.25, 0.3) is 0 Å². The first-order chi connectivity index (χ1) is 7.55. The highest BCUT2D eigenvalue weighted by molar-refractivity contribution is 5.76. The lowest BCUT2D eigenvalue weighted by Crippen LogP contribution is -2.56. The van der Waals surface area contributed by atoms with Gasteiger partial charge in [-0.3, -0.25) is 4.79 Å². The standard InChI is InChI=1S/C14H26O3/c1-10(2)13(5,11(15)16)14(17)8-6-12(3,4)7-9-14/h10,17H,6-9H2,1-5H3,(H,15,16). The van der Waals surface area contributed by atoms with Crippen LogP contribution in [0.15, 0.2) is 0 Å². The van der Waals surface area contributed by atoms with Crippen molar-refractivity contribution in [3.8, 4) is 0 Å². The summed E-state index contributed by atoms with van der Waals surface area (Å²) in [6, 6.07) is 0. The Morgan fingerprint density at radius 1 is 1.18 bits per heavy atom. The van der Waals surface area contributed by atoms with Crippen molar-refractivity contribution in [2.45, 2.75) is 65.9 Å². The van der Waals surface area contributed by atoms with E-state index in [2.05, 4.69) is 13.8 Å². The predicted octanol–water partition coefficient (Wildman–Crippen LogP) is 3.06. The molecule has 1 aliphatic carbocycles. The molecule has 1 saturated carbocycles. The molecule has 0 heterocycles. The van der Waals surface area contributed by atoms with Crippen molar-refractivity contribution >= 4 is 5.97 Å². The van der Waals surface area contributed by atoms with Gasteiger partial charge in [-0.15, -0.1) is 0 Å². The van der Waals surface area contributed by atoms with Crippen LogP contribution in [0.3, 0.4) is 0 Å². The van der Waals surface area contributed by atoms with E-state index in [0.717, 1.165) is 12.8 Å². The van der Waals surface area contributed by atoms with Gasteiger partial charge in [0.1, 0.15) is 0 Å². The Morgan fingerprint density at radius 2 is 1.59 bits per heavy atom. The highest BCUT2D eigenvalue weighted by Gasteiger charge is 2.56. The zero-order valence-electron chi connectivity index (χ0n) is 11.7. The van der Waals surface area contributed by atoms with Gasteiger partial charge in [-0.2, -0.15) is 0 Å². The van der Waals surface area contributed by atoms with Gasteiger partial charge in [-0.05, 0) is 43.9 Å². The van der Waals surface area contributed by atoms with Crippen molar-refractivity contribution in [2.24, 2.45) is 16.7 Å². The van der Waals surface area contributed by atoms with E-state index in [1.54, 1.807) is 6.92 Å². The Hall–Kier alpha value is -0.570. The quantitative estimate of drug-likeness (QED) is 0.799. The summed E-state index contributed by atoms with van der Waals surface area (Å²) in [6.45, 7) is 9.82. The van der Waals surface area contributed by atoms with E-state index < -0.39 is 17.0 Å². The highest BCUT2D eigenvalue weighted by atomic mass is 16.4. The van der Waals surface area contributed by atoms with Gasteiger partial charge >= 0.3 is 5.97 Å². The van der Waals surface area contributed by atoms with Crippen LogP contribution in [0.5, 0.6) is 0 Å². The van der Waals surface area contributed by atoms with E-state index in [1.165, 1.54) is 0 Å². The lowest BCUT2D eigenvalue weighted by Gasteiger charge is -2.50. The number of carbonyl (C=O) groups is 1. The van der Waals surface area contributed by atoms with E-state index in [4.69, 9.17) is 0 Å². The molecule has 1 rings (SSSR count). The summed E-state index contributed by atoms with van der Waals surface area (Å²) in [4.78, 5) is 11.6. The van der Waals surface area contributed by atoms with Crippen LogP contribution >= 0.6 is 0 Å². The van der Waals surface area contributed by atoms with E-state index in [0.29, 0.717) is 12.8 Å². The molecule has 17 heavy (non-hydrogen) atoms. The Labute approximate surface area is 104 Å². The molecule has 3 heteroatoms. The fraction of sp³-hybridized carbons (Fsp3) is 0.929. The van der Waals surface area contributed by atoms with Crippen molar-refractivity contribution in [2.75, 3.05) is 0 Å². The van der Waals surface area contributed by atoms with Gasteiger partial charge in [0, 0.05) is 0 Å². The van der Waals surface area contributed by atoms with E-state index in [1.807, 2.05) is 13.8 Å². The minimum atomic E-state index is -1.07. The Morgan fingerprint density at radius 3 is 1.88 bits per heavy atom. The summed E-state index contributed by atoms with van der Waals surface area (Å²) in [5, 5.41) is 20.3. The van der Waals surface area contributed by atoms with Crippen molar-refractivity contribution in [1.82, 2.24) is 0 Å². The molecule has 0 amide bonds. The first-order valence-electron chi connectivity index (χ1n) is 6.51. The van der Waals surface area contributed by atoms with E-state index in [-0.39, 0.29) is 11.3 Å². The summed E-state index contributed by atoms with van der Waals surface area (Å²) in [5.74, 6) is -0.957. The van der Waals surface area contributed by atoms with Gasteiger partial charge in [0.05, 0.1) is 11.0 Å². The summed E-state index contributed by atoms with van der Waals surface area (Å²) < 4.78 is 0. The van der Waals surface area contributed by atoms with E-state index in [9.17, 15) is 15.0 Å². The second-order valence-corrected chi connectivity index (χ2v) is 6.86. The third kappa shape index (κ3) is 2.35. The summed E-state index contributed by atoms with van der Waals surface area (Å²) in [7, 11) is 0. The number of hydrogen-bond donors (Lipinski definition) is 2. The van der Waals surface area contributed by atoms with Crippen molar-refractivity contribution in [1.29, 1.82) is 0 Å². The molecule has 1 fully saturated rings. The lowest BCUT2D eigenvalue weighted by molar-refractivity contribution is -0.184. The number of rotatable bonds is 3. The zero-order valence-corrected chi connectivity index (χ0v) is 11.7. The van der Waals surface area contributed by atoms with Crippen LogP contribution in [-0.2, 0) is 4.79 Å². The van der Waals surface area contributed by atoms with Crippen LogP contribution in [0.2, 0.25) is 0 Å². The highest BCUT2D eigenvalue weighted by Crippen LogP contribution is 2.51. The molecule has 1 aliphatic rings. The molecule has 0 bridgehead atoms. The second kappa shape index (κ2) is 4.27. The topological polar surface area (TPSA) is 57.5 Å². The summed E-state index contributed by atoms with van der Waals surface area (Å²) >= 11 is 0. The molecule has 0 aliphatic heterocycles. The third-order valence-corrected chi connectivity index (χ3v) is 5.00. The van der Waals surface area contributed by atoms with Crippen LogP contribution in [0.4, 0.5) is 0 Å². The van der Waals surface area contributed by atoms with Crippen LogP contribution < -0.4 is 0 Å². The molecule has 0 radical (unpaired) electrons. The maximum Gasteiger partial charge on any atom is 0.312 e. The van der Waals surface area contributed by atoms with Crippen LogP contribution in [0.25, 0.3) is 0 Å². The van der Waals surface area contributed by atoms with Crippen LogP contribution in [-0.4, -0.2) is 21.8 Å². The smallest absolute Gasteiger partial charge is 0.312 e. The SMILES string of the molecule is CC(C)C(C)(C(=O)O)C1(O)CCC(C)(C)CC1. The number of aliphatic carboxylic acids is 1. The number of carboxylic acid groups (broad SMARTS) is 1. The van der Waals surface area contributed by atoms with Gasteiger partial charge in [0.15, 0.2) is 0 Å². The van der Waals surface area contributed by atoms with Crippen molar-refractivity contribution < 1.29 is 15.0 Å². The van der Waals surface area contributed by atoms with Crippen molar-refractivity contribution in [3.63, 3.8) is 0 Å². The zero-order chi connectivity index (χ0) is 13.5. The second-order valence-electron chi connectivity index (χ2n) is 6.86. The van der Waals surface area contributed by atoms with Gasteiger partial charge in [-0.25, -0.2) is 0 Å². The molecule has 0 aromatic rings. The van der Waals surface area contributed by atoms with Gasteiger partial charge < -0.3 is 10.2 Å². The third-order valence-electron chi connectivity index (χ3n) is 5.00. The lowest BCUT2D eigenvalue weighted by atomic mass is 9.57. The van der Waals surface area contributed by atoms with Crippen LogP contribution in [0.1, 0.15) is 60.3 Å². The first kappa shape index (κ1) is 14.5. The largest absolute Gasteiger partial charge is 0.481 e. The Kier molecular flexibility index (Phi) is 3.64. The first-order valence-corrected chi connectivity index (χ1v) is 6.51. The molecule has 100 valence electrons. The average molecular weight is 242 g/mol. The van der Waals surface area contributed by atoms with Crippen LogP contribution in [0, 0.1) is 16.7 Å². The molecule has 1 unspecified atom stereocenters. The molecule has 2 N–H and O–H groups in total. The minimum absolute atomic E-state index is 0.0776. The average Bonchev–Trinajstić information content (AvgIpc) is 2.21. The van der Waals surface area contributed by atoms with Crippen molar-refractivity contribution in [3.05, 3.63) is 0 Å². The maximum atomic E-state index is 11.6. The molecule has 0 spiro atoms. The molecule has 1 atom stereocenters. The molecular formula is C14H26O3. The fourth-order valence-corrected chi connectivity index (χ4v) is 2.84. The number of carboxylic acids is 1. The van der Waals surface area contributed by atoms with Gasteiger partial charge in [0.2, 0.25) is 0 Å². The predicted molar refractivity (Wildman–Crippen MR) is 67.8 cm³/mol. The Balaban J connectivity index is 3.01. The molecular weight excluding hydrogens is 216 g/mol. The molecule has 0 aromatic heterocycles. The number of hydrogen-bond acceptors (Lipinski definition) is 2. The fourth-order valence-electron chi connectivity index (χ4n) is 2.84. The van der Waals surface area contributed by atoms with Gasteiger partial charge in [-0.1, -0.05) is 27.7 Å². The monoisotopic (exact) mass is 242 g/mol. The summed E-state index contributed by atoms with van der Waals surface area (Å²) in [6.07, 6.45) is 2.94. The molecule has 0 saturated heterocycles. The minimum Gasteiger partial charge on any atom is -0.481 e. The Bertz CT molecular complexity index is 297. The summed E-state index contributed by atoms with van der Waals surface area (Å²) in [5.41, 5.74) is -1.89. The van der Waals surface area contributed by atoms with E-state index >= 15 is 0 Å². The molecule has 0 aromatic carbocycles. The maximum absolute atomic E-state index is 11.6. The molecule has 3 nitrogen and oxygen atoms in total.